The van der Waals surface area contributed by atoms with Crippen LogP contribution in [-0.2, 0) is 16.4 Å². The third-order valence-corrected chi connectivity index (χ3v) is 3.87. The lowest BCUT2D eigenvalue weighted by Gasteiger charge is -2.08. The monoisotopic (exact) mass is 281 g/mol. The van der Waals surface area contributed by atoms with Gasteiger partial charge in [0.1, 0.15) is 5.82 Å². The number of unbranched alkanes of at least 4 members (excludes halogenated alkanes) is 1. The first-order valence-corrected chi connectivity index (χ1v) is 7.38. The average molecular weight is 281 g/mol. The highest BCUT2D eigenvalue weighted by molar-refractivity contribution is 7.89. The van der Waals surface area contributed by atoms with Gasteiger partial charge < -0.3 is 0 Å². The Kier molecular flexibility index (Phi) is 5.67. The molecule has 0 saturated carbocycles. The van der Waals surface area contributed by atoms with Crippen LogP contribution in [0.3, 0.4) is 0 Å². The lowest BCUT2D eigenvalue weighted by Crippen LogP contribution is -2.29. The molecular weight excluding hydrogens is 264 g/mol. The number of aromatic nitrogens is 2. The summed E-state index contributed by atoms with van der Waals surface area (Å²) in [6.45, 7) is -0.677. The van der Waals surface area contributed by atoms with Crippen LogP contribution in [0.25, 0.3) is 0 Å². The molecule has 0 bridgehead atoms. The molecule has 0 saturated heterocycles. The van der Waals surface area contributed by atoms with Crippen molar-refractivity contribution in [3.8, 4) is 0 Å². The first-order chi connectivity index (χ1) is 8.46. The maximum atomic E-state index is 12.5. The van der Waals surface area contributed by atoms with E-state index in [9.17, 15) is 17.2 Å². The molecule has 0 aromatic carbocycles. The van der Waals surface area contributed by atoms with Gasteiger partial charge in [-0.1, -0.05) is 13.3 Å². The van der Waals surface area contributed by atoms with Gasteiger partial charge in [0.2, 0.25) is 10.0 Å². The molecule has 0 amide bonds. The Morgan fingerprint density at radius 2 is 2.22 bits per heavy atom. The van der Waals surface area contributed by atoms with Gasteiger partial charge in [-0.15, -0.1) is 0 Å². The van der Waals surface area contributed by atoms with E-state index in [2.05, 4.69) is 9.71 Å². The summed E-state index contributed by atoms with van der Waals surface area (Å²) in [5.74, 6) is 0.232. The third-order valence-electron chi connectivity index (χ3n) is 2.40. The largest absolute Gasteiger partial charge is 0.319 e. The lowest BCUT2D eigenvalue weighted by molar-refractivity contribution is 0.0671. The van der Waals surface area contributed by atoms with Crippen molar-refractivity contribution in [1.29, 1.82) is 0 Å². The van der Waals surface area contributed by atoms with Gasteiger partial charge in [0.25, 0.3) is 0 Å². The summed E-state index contributed by atoms with van der Waals surface area (Å²) < 4.78 is 50.9. The Balaban J connectivity index is 2.44. The average Bonchev–Trinajstić information content (AvgIpc) is 2.74. The summed E-state index contributed by atoms with van der Waals surface area (Å²) in [5, 5.41) is 0. The summed E-state index contributed by atoms with van der Waals surface area (Å²) in [4.78, 5) is 3.77. The minimum atomic E-state index is -3.30. The van der Waals surface area contributed by atoms with Crippen molar-refractivity contribution in [3.63, 3.8) is 0 Å². The van der Waals surface area contributed by atoms with E-state index in [0.29, 0.717) is 6.42 Å². The smallest absolute Gasteiger partial charge is 0.278 e. The molecule has 0 fully saturated rings. The highest BCUT2D eigenvalue weighted by atomic mass is 32.2. The number of hydrogen-bond acceptors (Lipinski definition) is 3. The fraction of sp³-hybridized carbons (Fsp3) is 0.700. The van der Waals surface area contributed by atoms with Crippen molar-refractivity contribution in [2.45, 2.75) is 32.7 Å². The second-order valence-electron chi connectivity index (χ2n) is 3.85. The van der Waals surface area contributed by atoms with E-state index in [1.807, 2.05) is 6.92 Å². The van der Waals surface area contributed by atoms with Crippen molar-refractivity contribution < 1.29 is 17.2 Å². The van der Waals surface area contributed by atoms with Crippen LogP contribution in [0.15, 0.2) is 12.4 Å². The molecule has 0 atom stereocenters. The highest BCUT2D eigenvalue weighted by Gasteiger charge is 2.13. The summed E-state index contributed by atoms with van der Waals surface area (Å²) in [5.41, 5.74) is 0. The molecule has 0 spiro atoms. The zero-order valence-corrected chi connectivity index (χ0v) is 11.0. The molecule has 0 aliphatic carbocycles. The molecular formula is C10H17F2N3O2S. The van der Waals surface area contributed by atoms with Gasteiger partial charge in [0, 0.05) is 25.4 Å². The number of nitrogens with one attached hydrogen (secondary N) is 1. The van der Waals surface area contributed by atoms with Gasteiger partial charge >= 0.3 is 6.55 Å². The molecule has 0 aliphatic rings. The SMILES string of the molecule is CCCCS(=O)(=O)NCCc1nccn1C(F)F. The topological polar surface area (TPSA) is 64.0 Å². The normalized spacial score (nSPS) is 12.2. The standard InChI is InChI=1S/C10H17F2N3O2S/c1-2-3-8-18(16,17)14-5-4-9-13-6-7-15(9)10(11)12/h6-7,10,14H,2-5,8H2,1H3. The molecule has 1 heterocycles. The summed E-state index contributed by atoms with van der Waals surface area (Å²) in [6.07, 6.45) is 3.96. The van der Waals surface area contributed by atoms with E-state index in [1.165, 1.54) is 12.4 Å². The van der Waals surface area contributed by atoms with Crippen LogP contribution in [0.1, 0.15) is 32.1 Å². The molecule has 1 N–H and O–H groups in total. The van der Waals surface area contributed by atoms with Crippen LogP contribution in [0.5, 0.6) is 0 Å². The minimum absolute atomic E-state index is 0.0623. The second kappa shape index (κ2) is 6.79. The Labute approximate surface area is 105 Å². The van der Waals surface area contributed by atoms with Gasteiger partial charge in [-0.2, -0.15) is 8.78 Å². The Bertz CT molecular complexity index is 459. The first-order valence-electron chi connectivity index (χ1n) is 5.73. The maximum Gasteiger partial charge on any atom is 0.319 e. The molecule has 1 aromatic rings. The number of halogens is 2. The van der Waals surface area contributed by atoms with E-state index in [0.717, 1.165) is 11.0 Å². The highest BCUT2D eigenvalue weighted by Crippen LogP contribution is 2.12. The summed E-state index contributed by atoms with van der Waals surface area (Å²) in [6, 6.07) is 0. The number of imidazole rings is 1. The molecule has 5 nitrogen and oxygen atoms in total. The van der Waals surface area contributed by atoms with E-state index >= 15 is 0 Å². The van der Waals surface area contributed by atoms with Gasteiger partial charge in [0.15, 0.2) is 0 Å². The fourth-order valence-corrected chi connectivity index (χ4v) is 2.67. The molecule has 18 heavy (non-hydrogen) atoms. The van der Waals surface area contributed by atoms with Gasteiger partial charge in [-0.05, 0) is 6.42 Å². The van der Waals surface area contributed by atoms with E-state index in [4.69, 9.17) is 0 Å². The molecule has 1 rings (SSSR count). The summed E-state index contributed by atoms with van der Waals surface area (Å²) >= 11 is 0. The van der Waals surface area contributed by atoms with Crippen LogP contribution in [0.2, 0.25) is 0 Å². The van der Waals surface area contributed by atoms with Crippen LogP contribution in [-0.4, -0.2) is 30.3 Å². The molecule has 0 unspecified atom stereocenters. The lowest BCUT2D eigenvalue weighted by atomic mass is 10.4. The number of nitrogens with zero attached hydrogens (tertiary/aromatic N) is 2. The second-order valence-corrected chi connectivity index (χ2v) is 5.77. The predicted octanol–water partition coefficient (Wildman–Crippen LogP) is 1.54. The van der Waals surface area contributed by atoms with E-state index in [-0.39, 0.29) is 24.5 Å². The molecule has 0 radical (unpaired) electrons. The van der Waals surface area contributed by atoms with Crippen LogP contribution >= 0.6 is 0 Å². The molecule has 1 aromatic heterocycles. The van der Waals surface area contributed by atoms with Crippen molar-refractivity contribution >= 4 is 10.0 Å². The number of alkyl halides is 2. The van der Waals surface area contributed by atoms with Crippen molar-refractivity contribution in [3.05, 3.63) is 18.2 Å². The van der Waals surface area contributed by atoms with Gasteiger partial charge in [0.05, 0.1) is 5.75 Å². The predicted molar refractivity (Wildman–Crippen MR) is 63.9 cm³/mol. The van der Waals surface area contributed by atoms with Crippen LogP contribution in [0.4, 0.5) is 8.78 Å². The van der Waals surface area contributed by atoms with E-state index < -0.39 is 16.6 Å². The molecule has 104 valence electrons. The number of hydrogen-bond donors (Lipinski definition) is 1. The Morgan fingerprint density at radius 3 is 2.83 bits per heavy atom. The van der Waals surface area contributed by atoms with Crippen molar-refractivity contribution in [1.82, 2.24) is 14.3 Å². The van der Waals surface area contributed by atoms with Gasteiger partial charge in [-0.25, -0.2) is 18.1 Å². The van der Waals surface area contributed by atoms with Gasteiger partial charge in [-0.3, -0.25) is 4.57 Å². The quantitative estimate of drug-likeness (QED) is 0.786. The third kappa shape index (κ3) is 4.69. The first kappa shape index (κ1) is 15.0. The van der Waals surface area contributed by atoms with E-state index in [1.54, 1.807) is 0 Å². The Morgan fingerprint density at radius 1 is 1.50 bits per heavy atom. The molecule has 0 aliphatic heterocycles. The maximum absolute atomic E-state index is 12.5. The number of sulfonamides is 1. The minimum Gasteiger partial charge on any atom is -0.278 e. The zero-order valence-electron chi connectivity index (χ0n) is 10.1. The molecule has 8 heteroatoms. The number of rotatable bonds is 8. The van der Waals surface area contributed by atoms with Crippen molar-refractivity contribution in [2.75, 3.05) is 12.3 Å². The van der Waals surface area contributed by atoms with Crippen LogP contribution < -0.4 is 4.72 Å². The van der Waals surface area contributed by atoms with Crippen LogP contribution in [0, 0.1) is 0 Å². The fourth-order valence-electron chi connectivity index (χ4n) is 1.44. The summed E-state index contributed by atoms with van der Waals surface area (Å²) in [7, 11) is -3.30. The zero-order chi connectivity index (χ0) is 13.6. The Hall–Kier alpha value is -1.02. The van der Waals surface area contributed by atoms with Crippen molar-refractivity contribution in [2.24, 2.45) is 0 Å².